The van der Waals surface area contributed by atoms with E-state index in [-0.39, 0.29) is 17.2 Å². The summed E-state index contributed by atoms with van der Waals surface area (Å²) in [4.78, 5) is 24.3. The van der Waals surface area contributed by atoms with Crippen molar-refractivity contribution in [2.24, 2.45) is 0 Å². The average molecular weight is 415 g/mol. The van der Waals surface area contributed by atoms with Gasteiger partial charge in [0.2, 0.25) is 0 Å². The van der Waals surface area contributed by atoms with Gasteiger partial charge in [-0.05, 0) is 29.8 Å². The van der Waals surface area contributed by atoms with Crippen molar-refractivity contribution >= 4 is 17.5 Å². The van der Waals surface area contributed by atoms with E-state index in [2.05, 4.69) is 0 Å². The van der Waals surface area contributed by atoms with Crippen LogP contribution in [-0.2, 0) is 9.59 Å². The third-order valence-electron chi connectivity index (χ3n) is 3.99. The fourth-order valence-corrected chi connectivity index (χ4v) is 2.77. The molecule has 0 unspecified atom stereocenters. The van der Waals surface area contributed by atoms with E-state index in [1.54, 1.807) is 0 Å². The highest BCUT2D eigenvalue weighted by Gasteiger charge is 2.57. The number of carbonyl (C=O) groups excluding carboxylic acids is 2. The summed E-state index contributed by atoms with van der Waals surface area (Å²) in [5.41, 5.74) is -0.765. The predicted molar refractivity (Wildman–Crippen MR) is 89.4 cm³/mol. The maximum atomic E-state index is 12.8. The van der Waals surface area contributed by atoms with E-state index in [0.29, 0.717) is 12.1 Å². The first-order valence-corrected chi connectivity index (χ1v) is 8.04. The smallest absolute Gasteiger partial charge is 0.404 e. The molecule has 0 radical (unpaired) electrons. The van der Waals surface area contributed by atoms with Gasteiger partial charge in [0.15, 0.2) is 5.92 Å². The molecular formula is C19H11F6NO3. The van der Waals surface area contributed by atoms with Crippen molar-refractivity contribution in [2.75, 3.05) is 4.90 Å². The lowest BCUT2D eigenvalue weighted by molar-refractivity contribution is -0.253. The Bertz CT molecular complexity index is 931. The molecule has 0 aliphatic carbocycles. The second-order valence-corrected chi connectivity index (χ2v) is 6.03. The van der Waals surface area contributed by atoms with Gasteiger partial charge >= 0.3 is 12.4 Å². The Labute approximate surface area is 160 Å². The van der Waals surface area contributed by atoms with Crippen LogP contribution in [0.15, 0.2) is 60.7 Å². The molecular weight excluding hydrogens is 404 g/mol. The SMILES string of the molecule is O=C1C=CC(=O)N1c1cccc(Oc2ccc(C(C(F)(F)F)C(F)(F)F)cc2)c1. The predicted octanol–water partition coefficient (Wildman–Crippen LogP) is 5.12. The summed E-state index contributed by atoms with van der Waals surface area (Å²) in [6.07, 6.45) is -8.80. The molecule has 0 spiro atoms. The number of ether oxygens (including phenoxy) is 1. The number of rotatable bonds is 4. The zero-order chi connectivity index (χ0) is 21.4. The minimum atomic E-state index is -5.49. The highest BCUT2D eigenvalue weighted by Crippen LogP contribution is 2.46. The van der Waals surface area contributed by atoms with E-state index in [0.717, 1.165) is 29.2 Å². The summed E-state index contributed by atoms with van der Waals surface area (Å²) in [6, 6.07) is 9.04. The normalized spacial score (nSPS) is 14.8. The van der Waals surface area contributed by atoms with Gasteiger partial charge in [0.05, 0.1) is 5.69 Å². The molecule has 0 aromatic heterocycles. The Morgan fingerprint density at radius 3 is 1.83 bits per heavy atom. The molecule has 2 amide bonds. The molecule has 0 fully saturated rings. The lowest BCUT2D eigenvalue weighted by Crippen LogP contribution is -2.34. The minimum Gasteiger partial charge on any atom is -0.457 e. The lowest BCUT2D eigenvalue weighted by Gasteiger charge is -2.23. The van der Waals surface area contributed by atoms with Crippen molar-refractivity contribution < 1.29 is 40.7 Å². The molecule has 0 N–H and O–H groups in total. The van der Waals surface area contributed by atoms with Gasteiger partial charge in [0.25, 0.3) is 11.8 Å². The Balaban J connectivity index is 1.81. The minimum absolute atomic E-state index is 0.0220. The third-order valence-corrected chi connectivity index (χ3v) is 3.99. The molecule has 0 atom stereocenters. The van der Waals surface area contributed by atoms with E-state index in [4.69, 9.17) is 4.74 Å². The van der Waals surface area contributed by atoms with Crippen LogP contribution in [-0.4, -0.2) is 24.2 Å². The van der Waals surface area contributed by atoms with E-state index < -0.39 is 35.6 Å². The molecule has 3 rings (SSSR count). The molecule has 1 aliphatic rings. The number of carbonyl (C=O) groups is 2. The maximum Gasteiger partial charge on any atom is 0.404 e. The summed E-state index contributed by atoms with van der Waals surface area (Å²) in [5.74, 6) is -4.60. The first-order chi connectivity index (χ1) is 13.5. The van der Waals surface area contributed by atoms with Crippen LogP contribution in [0, 0.1) is 0 Å². The maximum absolute atomic E-state index is 12.8. The van der Waals surface area contributed by atoms with E-state index in [1.807, 2.05) is 0 Å². The zero-order valence-corrected chi connectivity index (χ0v) is 14.3. The zero-order valence-electron chi connectivity index (χ0n) is 14.3. The summed E-state index contributed by atoms with van der Waals surface area (Å²) in [7, 11) is 0. The molecule has 2 aromatic carbocycles. The number of nitrogens with zero attached hydrogens (tertiary/aromatic N) is 1. The van der Waals surface area contributed by atoms with E-state index >= 15 is 0 Å². The Morgan fingerprint density at radius 1 is 0.759 bits per heavy atom. The van der Waals surface area contributed by atoms with Crippen molar-refractivity contribution in [3.05, 3.63) is 66.2 Å². The largest absolute Gasteiger partial charge is 0.457 e. The Hall–Kier alpha value is -3.30. The number of hydrogen-bond acceptors (Lipinski definition) is 3. The van der Waals surface area contributed by atoms with Gasteiger partial charge in [0.1, 0.15) is 11.5 Å². The number of amides is 2. The molecule has 4 nitrogen and oxygen atoms in total. The first-order valence-electron chi connectivity index (χ1n) is 8.04. The van der Waals surface area contributed by atoms with Crippen LogP contribution in [0.25, 0.3) is 0 Å². The van der Waals surface area contributed by atoms with Crippen LogP contribution in [0.5, 0.6) is 11.5 Å². The van der Waals surface area contributed by atoms with Crippen molar-refractivity contribution in [1.29, 1.82) is 0 Å². The van der Waals surface area contributed by atoms with Crippen LogP contribution in [0.1, 0.15) is 11.5 Å². The highest BCUT2D eigenvalue weighted by molar-refractivity contribution is 6.28. The topological polar surface area (TPSA) is 46.6 Å². The van der Waals surface area contributed by atoms with Gasteiger partial charge < -0.3 is 4.74 Å². The number of imide groups is 1. The quantitative estimate of drug-likeness (QED) is 0.515. The number of hydrogen-bond donors (Lipinski definition) is 0. The average Bonchev–Trinajstić information content (AvgIpc) is 2.93. The van der Waals surface area contributed by atoms with Crippen molar-refractivity contribution in [1.82, 2.24) is 0 Å². The van der Waals surface area contributed by atoms with Gasteiger partial charge in [-0.1, -0.05) is 18.2 Å². The molecule has 2 aromatic rings. The molecule has 0 bridgehead atoms. The number of alkyl halides is 6. The van der Waals surface area contributed by atoms with Crippen LogP contribution < -0.4 is 9.64 Å². The fourth-order valence-electron chi connectivity index (χ4n) is 2.77. The lowest BCUT2D eigenvalue weighted by atomic mass is 9.98. The second-order valence-electron chi connectivity index (χ2n) is 6.03. The number of benzene rings is 2. The summed E-state index contributed by atoms with van der Waals surface area (Å²) in [5, 5.41) is 0. The number of halogens is 6. The van der Waals surface area contributed by atoms with Crippen molar-refractivity contribution in [3.63, 3.8) is 0 Å². The van der Waals surface area contributed by atoms with Crippen LogP contribution in [0.4, 0.5) is 32.0 Å². The van der Waals surface area contributed by atoms with Gasteiger partial charge in [-0.3, -0.25) is 9.59 Å². The third kappa shape index (κ3) is 4.41. The Kier molecular flexibility index (Phi) is 5.12. The molecule has 0 saturated carbocycles. The van der Waals surface area contributed by atoms with Crippen LogP contribution in [0.3, 0.4) is 0 Å². The molecule has 10 heteroatoms. The van der Waals surface area contributed by atoms with Crippen LogP contribution >= 0.6 is 0 Å². The molecule has 1 aliphatic heterocycles. The molecule has 0 saturated heterocycles. The van der Waals surface area contributed by atoms with Gasteiger partial charge in [-0.25, -0.2) is 4.90 Å². The van der Waals surface area contributed by atoms with E-state index in [9.17, 15) is 35.9 Å². The van der Waals surface area contributed by atoms with Crippen molar-refractivity contribution in [2.45, 2.75) is 18.3 Å². The summed E-state index contributed by atoms with van der Waals surface area (Å²) >= 11 is 0. The van der Waals surface area contributed by atoms with Gasteiger partial charge in [0, 0.05) is 18.2 Å². The second kappa shape index (κ2) is 7.26. The Morgan fingerprint density at radius 2 is 1.31 bits per heavy atom. The van der Waals surface area contributed by atoms with Crippen LogP contribution in [0.2, 0.25) is 0 Å². The fraction of sp³-hybridized carbons (Fsp3) is 0.158. The summed E-state index contributed by atoms with van der Waals surface area (Å²) < 4.78 is 82.2. The molecule has 29 heavy (non-hydrogen) atoms. The highest BCUT2D eigenvalue weighted by atomic mass is 19.4. The standard InChI is InChI=1S/C19H11F6NO3/c20-18(21,22)17(19(23,24)25)11-4-6-13(7-5-11)29-14-3-1-2-12(10-14)26-15(27)8-9-16(26)28/h1-10,17H. The number of anilines is 1. The van der Waals surface area contributed by atoms with Gasteiger partial charge in [-0.2, -0.15) is 26.3 Å². The van der Waals surface area contributed by atoms with Gasteiger partial charge in [-0.15, -0.1) is 0 Å². The molecule has 1 heterocycles. The monoisotopic (exact) mass is 415 g/mol. The van der Waals surface area contributed by atoms with Crippen molar-refractivity contribution in [3.8, 4) is 11.5 Å². The summed E-state index contributed by atoms with van der Waals surface area (Å²) in [6.45, 7) is 0. The first kappa shape index (κ1) is 20.4. The van der Waals surface area contributed by atoms with E-state index in [1.165, 1.54) is 24.3 Å². The molecule has 152 valence electrons.